The van der Waals surface area contributed by atoms with Gasteiger partial charge in [0.05, 0.1) is 22.3 Å². The number of hydrogen-bond acceptors (Lipinski definition) is 6. The van der Waals surface area contributed by atoms with E-state index >= 15 is 0 Å². The summed E-state index contributed by atoms with van der Waals surface area (Å²) < 4.78 is 0. The van der Waals surface area contributed by atoms with E-state index < -0.39 is 35.7 Å². The summed E-state index contributed by atoms with van der Waals surface area (Å²) in [7, 11) is 0. The monoisotopic (exact) mass is 640 g/mol. The molecule has 3 heterocycles. The lowest BCUT2D eigenvalue weighted by Crippen LogP contribution is -2.60. The van der Waals surface area contributed by atoms with E-state index in [2.05, 4.69) is 0 Å². The van der Waals surface area contributed by atoms with Crippen LogP contribution in [0.1, 0.15) is 52.6 Å². The summed E-state index contributed by atoms with van der Waals surface area (Å²) in [6.07, 6.45) is 0.284. The molecular formula is C38H32N4O6. The molecule has 4 aromatic carbocycles. The van der Waals surface area contributed by atoms with E-state index in [0.717, 1.165) is 20.9 Å². The van der Waals surface area contributed by atoms with Gasteiger partial charge in [-0.1, -0.05) is 84.9 Å². The Morgan fingerprint density at radius 3 is 1.00 bits per heavy atom. The molecule has 1 saturated heterocycles. The molecule has 0 spiro atoms. The van der Waals surface area contributed by atoms with E-state index in [4.69, 9.17) is 0 Å². The molecule has 7 rings (SSSR count). The Bertz CT molecular complexity index is 1730. The molecule has 0 radical (unpaired) electrons. The Hall–Kier alpha value is -5.90. The van der Waals surface area contributed by atoms with Crippen LogP contribution in [0.15, 0.2) is 109 Å². The average Bonchev–Trinajstić information content (AvgIpc) is 3.54. The first kappa shape index (κ1) is 30.7. The molecule has 0 aromatic heterocycles. The van der Waals surface area contributed by atoms with Crippen molar-refractivity contribution in [2.75, 3.05) is 26.2 Å². The lowest BCUT2D eigenvalue weighted by molar-refractivity contribution is -0.143. The van der Waals surface area contributed by atoms with Crippen molar-refractivity contribution in [1.82, 2.24) is 19.6 Å². The average molecular weight is 641 g/mol. The number of rotatable bonds is 8. The van der Waals surface area contributed by atoms with Crippen molar-refractivity contribution in [3.05, 3.63) is 143 Å². The standard InChI is InChI=1S/C38H32N4O6/c43-33-27-15-7-8-16-28(27)34(44)41(33)31(23-25-11-3-1-4-12-25)37(47)39-19-21-40(22-20-39)38(48)32(24-26-13-5-2-6-14-26)42-35(45)29-17-9-10-18-30(29)36(42)46/h1-18,31-32H,19-24H2/t31-,32-/m0/s1. The van der Waals surface area contributed by atoms with Crippen LogP contribution in [0.25, 0.3) is 0 Å². The molecule has 0 saturated carbocycles. The highest BCUT2D eigenvalue weighted by Crippen LogP contribution is 2.29. The van der Waals surface area contributed by atoms with Gasteiger partial charge in [-0.15, -0.1) is 0 Å². The zero-order chi connectivity index (χ0) is 33.4. The Labute approximate surface area is 277 Å². The second-order valence-corrected chi connectivity index (χ2v) is 12.1. The summed E-state index contributed by atoms with van der Waals surface area (Å²) in [4.78, 5) is 87.6. The van der Waals surface area contributed by atoms with E-state index in [9.17, 15) is 28.8 Å². The number of carbonyl (C=O) groups excluding carboxylic acids is 6. The number of imide groups is 2. The van der Waals surface area contributed by atoms with Crippen LogP contribution in [-0.2, 0) is 22.4 Å². The zero-order valence-electron chi connectivity index (χ0n) is 26.0. The molecule has 0 unspecified atom stereocenters. The minimum Gasteiger partial charge on any atom is -0.337 e. The van der Waals surface area contributed by atoms with Gasteiger partial charge in [-0.3, -0.25) is 38.6 Å². The number of carbonyl (C=O) groups is 6. The number of hydrogen-bond donors (Lipinski definition) is 0. The molecule has 0 N–H and O–H groups in total. The quantitative estimate of drug-likeness (QED) is 0.273. The summed E-state index contributed by atoms with van der Waals surface area (Å²) >= 11 is 0. The third-order valence-corrected chi connectivity index (χ3v) is 9.29. The van der Waals surface area contributed by atoms with Gasteiger partial charge in [-0.2, -0.15) is 0 Å². The van der Waals surface area contributed by atoms with Crippen molar-refractivity contribution in [3.63, 3.8) is 0 Å². The van der Waals surface area contributed by atoms with E-state index in [1.54, 1.807) is 58.3 Å². The van der Waals surface area contributed by atoms with Crippen molar-refractivity contribution in [2.45, 2.75) is 24.9 Å². The summed E-state index contributed by atoms with van der Waals surface area (Å²) in [5, 5.41) is 0. The van der Waals surface area contributed by atoms with E-state index in [1.807, 2.05) is 60.7 Å². The van der Waals surface area contributed by atoms with Gasteiger partial charge in [0.2, 0.25) is 11.8 Å². The van der Waals surface area contributed by atoms with E-state index in [-0.39, 0.29) is 73.1 Å². The number of benzene rings is 4. The largest absolute Gasteiger partial charge is 0.337 e. The maximum absolute atomic E-state index is 14.2. The van der Waals surface area contributed by atoms with Gasteiger partial charge in [0.25, 0.3) is 23.6 Å². The molecule has 3 aliphatic heterocycles. The van der Waals surface area contributed by atoms with Crippen LogP contribution in [0.2, 0.25) is 0 Å². The molecule has 3 aliphatic rings. The normalized spacial score (nSPS) is 17.0. The molecule has 48 heavy (non-hydrogen) atoms. The summed E-state index contributed by atoms with van der Waals surface area (Å²) in [6.45, 7) is 0.608. The van der Waals surface area contributed by atoms with E-state index in [0.29, 0.717) is 0 Å². The predicted octanol–water partition coefficient (Wildman–Crippen LogP) is 3.47. The van der Waals surface area contributed by atoms with Crippen LogP contribution in [0.3, 0.4) is 0 Å². The number of piperazine rings is 1. The highest BCUT2D eigenvalue weighted by molar-refractivity contribution is 6.23. The van der Waals surface area contributed by atoms with Crippen LogP contribution < -0.4 is 0 Å². The Morgan fingerprint density at radius 2 is 0.708 bits per heavy atom. The number of amides is 6. The molecule has 0 aliphatic carbocycles. The van der Waals surface area contributed by atoms with Crippen molar-refractivity contribution < 1.29 is 28.8 Å². The molecule has 2 atom stereocenters. The summed E-state index contributed by atoms with van der Waals surface area (Å²) in [5.41, 5.74) is 2.66. The smallest absolute Gasteiger partial charge is 0.262 e. The number of nitrogens with zero attached hydrogens (tertiary/aromatic N) is 4. The Kier molecular flexibility index (Phi) is 8.14. The minimum absolute atomic E-state index is 0.142. The lowest BCUT2D eigenvalue weighted by Gasteiger charge is -2.39. The highest BCUT2D eigenvalue weighted by atomic mass is 16.2. The van der Waals surface area contributed by atoms with Crippen LogP contribution in [-0.4, -0.2) is 93.3 Å². The number of fused-ring (bicyclic) bond motifs is 2. The van der Waals surface area contributed by atoms with Gasteiger partial charge in [-0.05, 0) is 35.4 Å². The van der Waals surface area contributed by atoms with Crippen LogP contribution >= 0.6 is 0 Å². The van der Waals surface area contributed by atoms with Gasteiger partial charge in [0, 0.05) is 39.0 Å². The molecule has 6 amide bonds. The molecule has 10 nitrogen and oxygen atoms in total. The van der Waals surface area contributed by atoms with Gasteiger partial charge in [0.1, 0.15) is 12.1 Å². The van der Waals surface area contributed by atoms with Crippen molar-refractivity contribution >= 4 is 35.4 Å². The predicted molar refractivity (Wildman–Crippen MR) is 175 cm³/mol. The lowest BCUT2D eigenvalue weighted by atomic mass is 10.0. The van der Waals surface area contributed by atoms with Gasteiger partial charge >= 0.3 is 0 Å². The second-order valence-electron chi connectivity index (χ2n) is 12.1. The first-order valence-electron chi connectivity index (χ1n) is 15.9. The van der Waals surface area contributed by atoms with Crippen molar-refractivity contribution in [3.8, 4) is 0 Å². The van der Waals surface area contributed by atoms with E-state index in [1.165, 1.54) is 0 Å². The fourth-order valence-corrected chi connectivity index (χ4v) is 6.80. The first-order valence-corrected chi connectivity index (χ1v) is 15.9. The molecule has 4 aromatic rings. The SMILES string of the molecule is O=C([C@H](Cc1ccccc1)N1C(=O)c2ccccc2C1=O)N1CCN(C(=O)[C@H](Cc2ccccc2)N2C(=O)c3ccccc3C2=O)CC1. The van der Waals surface area contributed by atoms with Gasteiger partial charge < -0.3 is 9.80 Å². The fourth-order valence-electron chi connectivity index (χ4n) is 6.80. The Morgan fingerprint density at radius 1 is 0.438 bits per heavy atom. The van der Waals surface area contributed by atoms with Crippen molar-refractivity contribution in [1.29, 1.82) is 0 Å². The molecule has 1 fully saturated rings. The van der Waals surface area contributed by atoms with Gasteiger partial charge in [-0.25, -0.2) is 0 Å². The summed E-state index contributed by atoms with van der Waals surface area (Å²) in [5.74, 6) is -2.82. The minimum atomic E-state index is -1.08. The van der Waals surface area contributed by atoms with Gasteiger partial charge in [0.15, 0.2) is 0 Å². The molecule has 10 heteroatoms. The molecular weight excluding hydrogens is 608 g/mol. The second kappa shape index (κ2) is 12.7. The first-order chi connectivity index (χ1) is 23.3. The maximum atomic E-state index is 14.2. The third kappa shape index (κ3) is 5.45. The fraction of sp³-hybridized carbons (Fsp3) is 0.211. The topological polar surface area (TPSA) is 115 Å². The van der Waals surface area contributed by atoms with Crippen LogP contribution in [0, 0.1) is 0 Å². The Balaban J connectivity index is 1.11. The van der Waals surface area contributed by atoms with Crippen LogP contribution in [0.5, 0.6) is 0 Å². The van der Waals surface area contributed by atoms with Crippen LogP contribution in [0.4, 0.5) is 0 Å². The molecule has 240 valence electrons. The highest BCUT2D eigenvalue weighted by Gasteiger charge is 2.46. The zero-order valence-corrected chi connectivity index (χ0v) is 26.0. The maximum Gasteiger partial charge on any atom is 0.262 e. The summed E-state index contributed by atoms with van der Waals surface area (Å²) in [6, 6.07) is 29.4. The third-order valence-electron chi connectivity index (χ3n) is 9.29. The van der Waals surface area contributed by atoms with Crippen molar-refractivity contribution in [2.24, 2.45) is 0 Å². The molecule has 0 bridgehead atoms.